The number of aromatic nitrogens is 3. The molecule has 0 aliphatic carbocycles. The Hall–Kier alpha value is -3.79. The molecule has 1 aromatic rings. The Bertz CT molecular complexity index is 1180. The summed E-state index contributed by atoms with van der Waals surface area (Å²) in [7, 11) is 0. The van der Waals surface area contributed by atoms with E-state index in [0.717, 1.165) is 32.4 Å². The van der Waals surface area contributed by atoms with Gasteiger partial charge >= 0.3 is 29.8 Å². The Morgan fingerprint density at radius 1 is 0.930 bits per heavy atom. The molecule has 2 heterocycles. The number of carbonyl (C=O) groups is 6. The standard InChI is InChI=1S/C26H37ClN4O12/c1-14(32)38-13-19-22(39-15(2)33)23(40-16(3)34)24(41-17(4)35)25(42-19)31-12-18(28-29-31)11-30(20(36)10-27)9-8-21(37)43-26(5,6)7/h12,19,22-25H,8-11,13H2,1-7H3/t19-,22-,23+,24-,25-/m1/s1. The molecule has 16 nitrogen and oxygen atoms in total. The summed E-state index contributed by atoms with van der Waals surface area (Å²) in [5, 5.41) is 8.10. The predicted molar refractivity (Wildman–Crippen MR) is 144 cm³/mol. The highest BCUT2D eigenvalue weighted by Crippen LogP contribution is 2.34. The zero-order chi connectivity index (χ0) is 32.5. The van der Waals surface area contributed by atoms with Crippen LogP contribution in [0.4, 0.5) is 0 Å². The van der Waals surface area contributed by atoms with Crippen LogP contribution in [0.25, 0.3) is 0 Å². The van der Waals surface area contributed by atoms with Gasteiger partial charge in [0.25, 0.3) is 0 Å². The minimum Gasteiger partial charge on any atom is -0.463 e. The van der Waals surface area contributed by atoms with Crippen molar-refractivity contribution in [2.75, 3.05) is 19.0 Å². The van der Waals surface area contributed by atoms with Crippen LogP contribution in [0.5, 0.6) is 0 Å². The van der Waals surface area contributed by atoms with Gasteiger partial charge in [0.05, 0.1) is 19.2 Å². The third kappa shape index (κ3) is 11.4. The Kier molecular flexibility index (Phi) is 12.9. The summed E-state index contributed by atoms with van der Waals surface area (Å²) < 4.78 is 33.8. The Labute approximate surface area is 253 Å². The van der Waals surface area contributed by atoms with Gasteiger partial charge in [-0.3, -0.25) is 28.8 Å². The lowest BCUT2D eigenvalue weighted by molar-refractivity contribution is -0.270. The number of esters is 5. The molecule has 240 valence electrons. The summed E-state index contributed by atoms with van der Waals surface area (Å²) in [5.74, 6) is -4.35. The monoisotopic (exact) mass is 632 g/mol. The fraction of sp³-hybridized carbons (Fsp3) is 0.692. The highest BCUT2D eigenvalue weighted by Gasteiger charge is 2.53. The number of hydrogen-bond acceptors (Lipinski definition) is 14. The van der Waals surface area contributed by atoms with Gasteiger partial charge in [-0.1, -0.05) is 5.21 Å². The number of alkyl halides is 1. The van der Waals surface area contributed by atoms with Gasteiger partial charge in [0.15, 0.2) is 24.5 Å². The second-order valence-corrected chi connectivity index (χ2v) is 10.8. The zero-order valence-electron chi connectivity index (χ0n) is 25.1. The van der Waals surface area contributed by atoms with E-state index < -0.39 is 78.6 Å². The lowest BCUT2D eigenvalue weighted by atomic mass is 9.97. The molecule has 1 aliphatic heterocycles. The van der Waals surface area contributed by atoms with E-state index in [9.17, 15) is 28.8 Å². The lowest BCUT2D eigenvalue weighted by Crippen LogP contribution is -2.60. The summed E-state index contributed by atoms with van der Waals surface area (Å²) in [6, 6.07) is 0. The highest BCUT2D eigenvalue weighted by atomic mass is 35.5. The molecule has 1 fully saturated rings. The first-order chi connectivity index (χ1) is 20.0. The van der Waals surface area contributed by atoms with Crippen molar-refractivity contribution in [1.82, 2.24) is 19.9 Å². The van der Waals surface area contributed by atoms with E-state index in [4.69, 9.17) is 40.0 Å². The van der Waals surface area contributed by atoms with E-state index in [-0.39, 0.29) is 31.1 Å². The third-order valence-electron chi connectivity index (χ3n) is 5.61. The number of hydrogen-bond donors (Lipinski definition) is 0. The fourth-order valence-electron chi connectivity index (χ4n) is 4.12. The number of halogens is 1. The first-order valence-electron chi connectivity index (χ1n) is 13.3. The summed E-state index contributed by atoms with van der Waals surface area (Å²) in [6.45, 7) is 9.10. The zero-order valence-corrected chi connectivity index (χ0v) is 25.8. The molecule has 2 rings (SSSR count). The molecule has 0 saturated carbocycles. The first-order valence-corrected chi connectivity index (χ1v) is 13.8. The van der Waals surface area contributed by atoms with Crippen LogP contribution < -0.4 is 0 Å². The highest BCUT2D eigenvalue weighted by molar-refractivity contribution is 6.27. The van der Waals surface area contributed by atoms with Crippen LogP contribution in [-0.2, 0) is 63.7 Å². The van der Waals surface area contributed by atoms with Gasteiger partial charge in [-0.15, -0.1) is 16.7 Å². The Morgan fingerprint density at radius 3 is 2.05 bits per heavy atom. The molecular formula is C26H37ClN4O12. The van der Waals surface area contributed by atoms with Crippen molar-refractivity contribution in [1.29, 1.82) is 0 Å². The quantitative estimate of drug-likeness (QED) is 0.179. The predicted octanol–water partition coefficient (Wildman–Crippen LogP) is 0.833. The van der Waals surface area contributed by atoms with Crippen molar-refractivity contribution >= 4 is 47.4 Å². The smallest absolute Gasteiger partial charge is 0.308 e. The van der Waals surface area contributed by atoms with Crippen molar-refractivity contribution in [3.63, 3.8) is 0 Å². The number of nitrogens with zero attached hydrogens (tertiary/aromatic N) is 4. The van der Waals surface area contributed by atoms with Gasteiger partial charge in [0, 0.05) is 34.2 Å². The second-order valence-electron chi connectivity index (χ2n) is 10.6. The van der Waals surface area contributed by atoms with Gasteiger partial charge < -0.3 is 33.3 Å². The average Bonchev–Trinajstić information content (AvgIpc) is 3.33. The van der Waals surface area contributed by atoms with Crippen molar-refractivity contribution in [2.45, 2.75) is 97.7 Å². The molecule has 1 aliphatic rings. The van der Waals surface area contributed by atoms with Gasteiger partial charge in [0.1, 0.15) is 29.9 Å². The van der Waals surface area contributed by atoms with E-state index in [1.807, 2.05) is 0 Å². The van der Waals surface area contributed by atoms with E-state index >= 15 is 0 Å². The van der Waals surface area contributed by atoms with Crippen molar-refractivity contribution in [3.8, 4) is 0 Å². The van der Waals surface area contributed by atoms with E-state index in [2.05, 4.69) is 10.3 Å². The summed E-state index contributed by atoms with van der Waals surface area (Å²) in [5.41, 5.74) is -0.471. The SMILES string of the molecule is CC(=O)OC[C@H]1O[C@@H](n2cc(CN(CCC(=O)OC(C)(C)C)C(=O)CCl)nn2)[C@H](OC(C)=O)[C@@H](OC(C)=O)[C@@H]1OC(C)=O. The van der Waals surface area contributed by atoms with Gasteiger partial charge in [-0.25, -0.2) is 4.68 Å². The minimum atomic E-state index is -1.40. The second kappa shape index (κ2) is 15.6. The van der Waals surface area contributed by atoms with E-state index in [1.165, 1.54) is 11.1 Å². The van der Waals surface area contributed by atoms with Crippen LogP contribution in [0.2, 0.25) is 0 Å². The third-order valence-corrected chi connectivity index (χ3v) is 5.84. The molecule has 1 saturated heterocycles. The normalized spacial score (nSPS) is 21.7. The molecule has 0 bridgehead atoms. The molecule has 1 amide bonds. The summed E-state index contributed by atoms with van der Waals surface area (Å²) in [4.78, 5) is 73.6. The number of amides is 1. The van der Waals surface area contributed by atoms with E-state index in [1.54, 1.807) is 20.8 Å². The maximum atomic E-state index is 12.5. The molecule has 0 unspecified atom stereocenters. The molecule has 0 aromatic carbocycles. The molecule has 0 N–H and O–H groups in total. The van der Waals surface area contributed by atoms with Gasteiger partial charge in [0.2, 0.25) is 5.91 Å². The summed E-state index contributed by atoms with van der Waals surface area (Å²) in [6.07, 6.45) is -5.38. The number of carbonyl (C=O) groups excluding carboxylic acids is 6. The molecule has 43 heavy (non-hydrogen) atoms. The molecule has 0 radical (unpaired) electrons. The molecule has 17 heteroatoms. The van der Waals surface area contributed by atoms with Crippen molar-refractivity contribution in [3.05, 3.63) is 11.9 Å². The maximum absolute atomic E-state index is 12.5. The van der Waals surface area contributed by atoms with Crippen LogP contribution in [0.3, 0.4) is 0 Å². The number of rotatable bonds is 12. The Balaban J connectivity index is 2.41. The van der Waals surface area contributed by atoms with Crippen molar-refractivity contribution < 1.29 is 57.2 Å². The first kappa shape index (κ1) is 35.4. The lowest BCUT2D eigenvalue weighted by Gasteiger charge is -2.44. The van der Waals surface area contributed by atoms with Crippen LogP contribution in [-0.4, -0.2) is 105 Å². The maximum Gasteiger partial charge on any atom is 0.308 e. The largest absolute Gasteiger partial charge is 0.463 e. The fourth-order valence-corrected chi connectivity index (χ4v) is 4.29. The summed E-state index contributed by atoms with van der Waals surface area (Å²) >= 11 is 5.77. The Morgan fingerprint density at radius 2 is 1.51 bits per heavy atom. The molecular weight excluding hydrogens is 596 g/mol. The van der Waals surface area contributed by atoms with Crippen LogP contribution >= 0.6 is 11.6 Å². The molecule has 1 aromatic heterocycles. The van der Waals surface area contributed by atoms with E-state index in [0.29, 0.717) is 0 Å². The average molecular weight is 633 g/mol. The molecule has 0 spiro atoms. The minimum absolute atomic E-state index is 0.0215. The molecule has 5 atom stereocenters. The van der Waals surface area contributed by atoms with Gasteiger partial charge in [-0.2, -0.15) is 0 Å². The van der Waals surface area contributed by atoms with Crippen LogP contribution in [0, 0.1) is 0 Å². The topological polar surface area (TPSA) is 192 Å². The van der Waals surface area contributed by atoms with Crippen molar-refractivity contribution in [2.24, 2.45) is 0 Å². The van der Waals surface area contributed by atoms with Gasteiger partial charge in [-0.05, 0) is 20.8 Å². The number of ether oxygens (including phenoxy) is 6. The van der Waals surface area contributed by atoms with Crippen LogP contribution in [0.1, 0.15) is 66.8 Å². The van der Waals surface area contributed by atoms with Crippen LogP contribution in [0.15, 0.2) is 6.20 Å².